The summed E-state index contributed by atoms with van der Waals surface area (Å²) in [6, 6.07) is 7.39. The highest BCUT2D eigenvalue weighted by atomic mass is 19.1. The number of hydrogen-bond donors (Lipinski definition) is 1. The van der Waals surface area contributed by atoms with E-state index in [1.54, 1.807) is 24.4 Å². The van der Waals surface area contributed by atoms with Gasteiger partial charge in [-0.25, -0.2) is 4.39 Å². The first-order valence-electron chi connectivity index (χ1n) is 7.65. The van der Waals surface area contributed by atoms with Crippen molar-refractivity contribution >= 4 is 10.9 Å². The Balaban J connectivity index is 1.89. The van der Waals surface area contributed by atoms with Crippen LogP contribution in [0.25, 0.3) is 10.9 Å². The minimum Gasteiger partial charge on any atom is -0.329 e. The monoisotopic (exact) mass is 287 g/mol. The van der Waals surface area contributed by atoms with Crippen LogP contribution < -0.4 is 5.73 Å². The summed E-state index contributed by atoms with van der Waals surface area (Å²) >= 11 is 0. The van der Waals surface area contributed by atoms with Crippen LogP contribution >= 0.6 is 0 Å². The largest absolute Gasteiger partial charge is 0.329 e. The molecule has 2 heterocycles. The number of likely N-dealkylation sites (tertiary alicyclic amines) is 1. The standard InChI is InChI=1S/C17H22FN3/c1-12-6-8-21(14(9-12)10-19)11-13-4-5-16(18)15-3-2-7-20-17(13)15/h2-5,7,12,14H,6,8-11,19H2,1H3. The molecule has 2 atom stereocenters. The zero-order valence-corrected chi connectivity index (χ0v) is 12.4. The first-order chi connectivity index (χ1) is 10.2. The molecule has 0 amide bonds. The molecule has 1 aromatic heterocycles. The lowest BCUT2D eigenvalue weighted by molar-refractivity contribution is 0.115. The highest BCUT2D eigenvalue weighted by Gasteiger charge is 2.25. The molecule has 3 rings (SSSR count). The van der Waals surface area contributed by atoms with E-state index in [1.807, 2.05) is 6.07 Å². The molecule has 0 radical (unpaired) electrons. The summed E-state index contributed by atoms with van der Waals surface area (Å²) in [4.78, 5) is 6.79. The summed E-state index contributed by atoms with van der Waals surface area (Å²) in [5.41, 5.74) is 7.78. The number of nitrogens with two attached hydrogens (primary N) is 1. The molecule has 0 bridgehead atoms. The van der Waals surface area contributed by atoms with E-state index in [1.165, 1.54) is 6.42 Å². The molecule has 3 nitrogen and oxygen atoms in total. The maximum absolute atomic E-state index is 13.9. The van der Waals surface area contributed by atoms with Gasteiger partial charge in [0.1, 0.15) is 5.82 Å². The van der Waals surface area contributed by atoms with Gasteiger partial charge in [-0.3, -0.25) is 9.88 Å². The quantitative estimate of drug-likeness (QED) is 0.943. The van der Waals surface area contributed by atoms with E-state index in [2.05, 4.69) is 16.8 Å². The van der Waals surface area contributed by atoms with Crippen LogP contribution in [-0.4, -0.2) is 29.0 Å². The van der Waals surface area contributed by atoms with E-state index in [0.717, 1.165) is 36.5 Å². The molecule has 2 aromatic rings. The van der Waals surface area contributed by atoms with Gasteiger partial charge < -0.3 is 5.73 Å². The van der Waals surface area contributed by atoms with Crippen LogP contribution in [-0.2, 0) is 6.54 Å². The molecule has 2 N–H and O–H groups in total. The van der Waals surface area contributed by atoms with Gasteiger partial charge in [0.15, 0.2) is 0 Å². The van der Waals surface area contributed by atoms with Crippen molar-refractivity contribution in [1.82, 2.24) is 9.88 Å². The van der Waals surface area contributed by atoms with Crippen LogP contribution in [0.3, 0.4) is 0 Å². The Hall–Kier alpha value is -1.52. The molecule has 0 saturated carbocycles. The van der Waals surface area contributed by atoms with Crippen molar-refractivity contribution in [2.24, 2.45) is 11.7 Å². The van der Waals surface area contributed by atoms with E-state index >= 15 is 0 Å². The predicted octanol–water partition coefficient (Wildman–Crippen LogP) is 2.93. The summed E-state index contributed by atoms with van der Waals surface area (Å²) < 4.78 is 13.9. The molecule has 1 aliphatic heterocycles. The zero-order valence-electron chi connectivity index (χ0n) is 12.4. The molecule has 2 unspecified atom stereocenters. The van der Waals surface area contributed by atoms with Crippen molar-refractivity contribution in [1.29, 1.82) is 0 Å². The van der Waals surface area contributed by atoms with Gasteiger partial charge in [-0.2, -0.15) is 0 Å². The van der Waals surface area contributed by atoms with E-state index < -0.39 is 0 Å². The number of pyridine rings is 1. The summed E-state index contributed by atoms with van der Waals surface area (Å²) in [5.74, 6) is 0.530. The summed E-state index contributed by atoms with van der Waals surface area (Å²) in [6.45, 7) is 4.81. The smallest absolute Gasteiger partial charge is 0.132 e. The molecule has 1 aliphatic rings. The molecule has 1 saturated heterocycles. The minimum absolute atomic E-state index is 0.204. The van der Waals surface area contributed by atoms with Crippen molar-refractivity contribution in [2.45, 2.75) is 32.4 Å². The number of hydrogen-bond acceptors (Lipinski definition) is 3. The van der Waals surface area contributed by atoms with Gasteiger partial charge in [-0.15, -0.1) is 0 Å². The molecule has 4 heteroatoms. The Bertz CT molecular complexity index is 628. The third-order valence-electron chi connectivity index (χ3n) is 4.55. The maximum atomic E-state index is 13.9. The van der Waals surface area contributed by atoms with Crippen molar-refractivity contribution in [3.63, 3.8) is 0 Å². The fraction of sp³-hybridized carbons (Fsp3) is 0.471. The van der Waals surface area contributed by atoms with Gasteiger partial charge in [0.2, 0.25) is 0 Å². The van der Waals surface area contributed by atoms with Crippen LogP contribution in [0.4, 0.5) is 4.39 Å². The Labute approximate surface area is 125 Å². The molecule has 0 spiro atoms. The van der Waals surface area contributed by atoms with Gasteiger partial charge in [0, 0.05) is 30.7 Å². The van der Waals surface area contributed by atoms with Gasteiger partial charge >= 0.3 is 0 Å². The third-order valence-corrected chi connectivity index (χ3v) is 4.55. The topological polar surface area (TPSA) is 42.2 Å². The molecule has 0 aliphatic carbocycles. The number of benzene rings is 1. The maximum Gasteiger partial charge on any atom is 0.132 e. The van der Waals surface area contributed by atoms with Crippen molar-refractivity contribution < 1.29 is 4.39 Å². The van der Waals surface area contributed by atoms with Crippen molar-refractivity contribution in [2.75, 3.05) is 13.1 Å². The molecule has 1 aromatic carbocycles. The second kappa shape index (κ2) is 6.08. The first kappa shape index (κ1) is 14.4. The molecular formula is C17H22FN3. The molecular weight excluding hydrogens is 265 g/mol. The van der Waals surface area contributed by atoms with Crippen LogP contribution in [0.2, 0.25) is 0 Å². The highest BCUT2D eigenvalue weighted by molar-refractivity contribution is 5.82. The average molecular weight is 287 g/mol. The highest BCUT2D eigenvalue weighted by Crippen LogP contribution is 2.26. The number of rotatable bonds is 3. The fourth-order valence-electron chi connectivity index (χ4n) is 3.30. The van der Waals surface area contributed by atoms with E-state index in [9.17, 15) is 4.39 Å². The van der Waals surface area contributed by atoms with Gasteiger partial charge in [0.25, 0.3) is 0 Å². The lowest BCUT2D eigenvalue weighted by atomic mass is 9.92. The van der Waals surface area contributed by atoms with E-state index in [0.29, 0.717) is 18.0 Å². The van der Waals surface area contributed by atoms with Gasteiger partial charge in [0.05, 0.1) is 5.52 Å². The van der Waals surface area contributed by atoms with Crippen LogP contribution in [0.15, 0.2) is 30.5 Å². The van der Waals surface area contributed by atoms with Crippen LogP contribution in [0.1, 0.15) is 25.3 Å². The lowest BCUT2D eigenvalue weighted by Crippen LogP contribution is -2.45. The van der Waals surface area contributed by atoms with E-state index in [4.69, 9.17) is 5.73 Å². The number of piperidine rings is 1. The molecule has 21 heavy (non-hydrogen) atoms. The fourth-order valence-corrected chi connectivity index (χ4v) is 3.30. The van der Waals surface area contributed by atoms with Crippen molar-refractivity contribution in [3.8, 4) is 0 Å². The first-order valence-corrected chi connectivity index (χ1v) is 7.65. The second-order valence-corrected chi connectivity index (χ2v) is 6.10. The van der Waals surface area contributed by atoms with Crippen LogP contribution in [0.5, 0.6) is 0 Å². The molecule has 1 fully saturated rings. The number of fused-ring (bicyclic) bond motifs is 1. The summed E-state index contributed by atoms with van der Waals surface area (Å²) in [7, 11) is 0. The zero-order chi connectivity index (χ0) is 14.8. The SMILES string of the molecule is CC1CCN(Cc2ccc(F)c3cccnc23)C(CN)C1. The normalized spacial score (nSPS) is 23.6. The van der Waals surface area contributed by atoms with Gasteiger partial charge in [-0.1, -0.05) is 13.0 Å². The number of nitrogens with zero attached hydrogens (tertiary/aromatic N) is 2. The van der Waals surface area contributed by atoms with Crippen molar-refractivity contribution in [3.05, 3.63) is 41.8 Å². The number of halogens is 1. The second-order valence-electron chi connectivity index (χ2n) is 6.10. The average Bonchev–Trinajstić information content (AvgIpc) is 2.52. The van der Waals surface area contributed by atoms with Crippen LogP contribution in [0, 0.1) is 11.7 Å². The predicted molar refractivity (Wildman–Crippen MR) is 83.4 cm³/mol. The van der Waals surface area contributed by atoms with E-state index in [-0.39, 0.29) is 5.82 Å². The molecule has 112 valence electrons. The Kier molecular flexibility index (Phi) is 4.17. The van der Waals surface area contributed by atoms with Gasteiger partial charge in [-0.05, 0) is 49.1 Å². The number of aromatic nitrogens is 1. The summed E-state index contributed by atoms with van der Waals surface area (Å²) in [6.07, 6.45) is 4.07. The lowest BCUT2D eigenvalue weighted by Gasteiger charge is -2.38. The minimum atomic E-state index is -0.204. The Morgan fingerprint density at radius 1 is 1.38 bits per heavy atom. The Morgan fingerprint density at radius 2 is 2.24 bits per heavy atom. The third kappa shape index (κ3) is 2.92. The Morgan fingerprint density at radius 3 is 3.05 bits per heavy atom. The summed E-state index contributed by atoms with van der Waals surface area (Å²) in [5, 5.41) is 0.602.